The second-order valence-corrected chi connectivity index (χ2v) is 7.39. The smallest absolute Gasteiger partial charge is 0.264 e. The first-order chi connectivity index (χ1) is 11.8. The molecule has 2 amide bonds. The number of fused-ring (bicyclic) bond motifs is 1. The van der Waals surface area contributed by atoms with Crippen molar-refractivity contribution in [3.8, 4) is 0 Å². The molecule has 0 saturated heterocycles. The van der Waals surface area contributed by atoms with Crippen LogP contribution in [0.25, 0.3) is 10.8 Å². The van der Waals surface area contributed by atoms with E-state index >= 15 is 0 Å². The topological polar surface area (TPSA) is 83.6 Å². The molecule has 134 valence electrons. The summed E-state index contributed by atoms with van der Waals surface area (Å²) in [6.07, 6.45) is 0. The number of nitrogens with zero attached hydrogens (tertiary/aromatic N) is 1. The van der Waals surface area contributed by atoms with Crippen LogP contribution >= 0.6 is 0 Å². The zero-order valence-corrected chi connectivity index (χ0v) is 15.3. The number of sulfonamides is 1. The van der Waals surface area contributed by atoms with E-state index in [0.717, 1.165) is 10.8 Å². The SMILES string of the molecule is CCN(CC)C(=O)C(C)C(=O)NS(=O)(=O)c1ccc2ccccc2c1. The molecule has 1 unspecified atom stereocenters. The minimum atomic E-state index is -4.04. The van der Waals surface area contributed by atoms with Gasteiger partial charge in [0.15, 0.2) is 0 Å². The lowest BCUT2D eigenvalue weighted by Gasteiger charge is -2.22. The third-order valence-corrected chi connectivity index (χ3v) is 5.45. The summed E-state index contributed by atoms with van der Waals surface area (Å²) in [4.78, 5) is 25.9. The highest BCUT2D eigenvalue weighted by Crippen LogP contribution is 2.19. The van der Waals surface area contributed by atoms with Crippen LogP contribution in [0.4, 0.5) is 0 Å². The molecule has 0 fully saturated rings. The monoisotopic (exact) mass is 362 g/mol. The first-order valence-electron chi connectivity index (χ1n) is 8.14. The van der Waals surface area contributed by atoms with E-state index in [4.69, 9.17) is 0 Å². The number of carbonyl (C=O) groups is 2. The summed E-state index contributed by atoms with van der Waals surface area (Å²) in [5.41, 5.74) is 0. The summed E-state index contributed by atoms with van der Waals surface area (Å²) in [7, 11) is -4.04. The van der Waals surface area contributed by atoms with Crippen LogP contribution in [-0.4, -0.2) is 38.2 Å². The van der Waals surface area contributed by atoms with Crippen molar-refractivity contribution < 1.29 is 18.0 Å². The van der Waals surface area contributed by atoms with Crippen LogP contribution in [0.15, 0.2) is 47.4 Å². The van der Waals surface area contributed by atoms with Crippen LogP contribution < -0.4 is 4.72 Å². The van der Waals surface area contributed by atoms with Gasteiger partial charge in [0, 0.05) is 13.1 Å². The standard InChI is InChI=1S/C18H22N2O4S/c1-4-20(5-2)18(22)13(3)17(21)19-25(23,24)16-11-10-14-8-6-7-9-15(14)12-16/h6-13H,4-5H2,1-3H3,(H,19,21). The van der Waals surface area contributed by atoms with E-state index in [1.165, 1.54) is 24.0 Å². The highest BCUT2D eigenvalue weighted by molar-refractivity contribution is 7.90. The number of hydrogen-bond donors (Lipinski definition) is 1. The molecule has 2 aromatic carbocycles. The molecule has 7 heteroatoms. The van der Waals surface area contributed by atoms with Crippen molar-refractivity contribution in [3.63, 3.8) is 0 Å². The van der Waals surface area contributed by atoms with Gasteiger partial charge in [-0.3, -0.25) is 9.59 Å². The fourth-order valence-electron chi connectivity index (χ4n) is 2.54. The van der Waals surface area contributed by atoms with Crippen LogP contribution in [0.5, 0.6) is 0 Å². The van der Waals surface area contributed by atoms with Gasteiger partial charge in [-0.25, -0.2) is 13.1 Å². The number of amides is 2. The third kappa shape index (κ3) is 4.17. The molecule has 1 N–H and O–H groups in total. The highest BCUT2D eigenvalue weighted by atomic mass is 32.2. The predicted octanol–water partition coefficient (Wildman–Crippen LogP) is 2.15. The van der Waals surface area contributed by atoms with Crippen molar-refractivity contribution in [3.05, 3.63) is 42.5 Å². The Hall–Kier alpha value is -2.41. The minimum absolute atomic E-state index is 0.0120. The highest BCUT2D eigenvalue weighted by Gasteiger charge is 2.28. The molecule has 1 atom stereocenters. The Morgan fingerprint density at radius 1 is 1.04 bits per heavy atom. The Morgan fingerprint density at radius 2 is 1.64 bits per heavy atom. The first-order valence-corrected chi connectivity index (χ1v) is 9.62. The Labute approximate surface area is 147 Å². The molecule has 0 heterocycles. The molecular weight excluding hydrogens is 340 g/mol. The van der Waals surface area contributed by atoms with Gasteiger partial charge < -0.3 is 4.90 Å². The molecule has 2 aromatic rings. The van der Waals surface area contributed by atoms with Gasteiger partial charge in [-0.1, -0.05) is 30.3 Å². The van der Waals surface area contributed by atoms with E-state index in [1.807, 2.05) is 22.9 Å². The molecule has 0 aromatic heterocycles. The Kier molecular flexibility index (Phi) is 5.79. The lowest BCUT2D eigenvalue weighted by Crippen LogP contribution is -2.43. The molecule has 0 aliphatic rings. The summed E-state index contributed by atoms with van der Waals surface area (Å²) >= 11 is 0. The van der Waals surface area contributed by atoms with Gasteiger partial charge in [0.25, 0.3) is 10.0 Å². The molecule has 2 rings (SSSR count). The average molecular weight is 362 g/mol. The van der Waals surface area contributed by atoms with Gasteiger partial charge in [0.2, 0.25) is 11.8 Å². The number of carbonyl (C=O) groups excluding carboxylic acids is 2. The zero-order chi connectivity index (χ0) is 18.6. The summed E-state index contributed by atoms with van der Waals surface area (Å²) in [5, 5.41) is 1.66. The molecule has 0 aliphatic heterocycles. The van der Waals surface area contributed by atoms with Crippen molar-refractivity contribution in [1.29, 1.82) is 0 Å². The van der Waals surface area contributed by atoms with E-state index in [0.29, 0.717) is 13.1 Å². The van der Waals surface area contributed by atoms with Crippen LogP contribution in [0, 0.1) is 5.92 Å². The average Bonchev–Trinajstić information content (AvgIpc) is 2.61. The van der Waals surface area contributed by atoms with Crippen molar-refractivity contribution in [1.82, 2.24) is 9.62 Å². The summed E-state index contributed by atoms with van der Waals surface area (Å²) in [6.45, 7) is 5.94. The maximum atomic E-state index is 12.5. The molecule has 0 radical (unpaired) electrons. The van der Waals surface area contributed by atoms with Crippen LogP contribution in [0.1, 0.15) is 20.8 Å². The van der Waals surface area contributed by atoms with Gasteiger partial charge >= 0.3 is 0 Å². The van der Waals surface area contributed by atoms with Crippen molar-refractivity contribution in [2.75, 3.05) is 13.1 Å². The first kappa shape index (κ1) is 18.9. The van der Waals surface area contributed by atoms with Crippen molar-refractivity contribution in [2.24, 2.45) is 5.92 Å². The second kappa shape index (κ2) is 7.65. The largest absolute Gasteiger partial charge is 0.343 e. The predicted molar refractivity (Wildman–Crippen MR) is 96.4 cm³/mol. The van der Waals surface area contributed by atoms with Gasteiger partial charge in [0.05, 0.1) is 4.90 Å². The fraction of sp³-hybridized carbons (Fsp3) is 0.333. The van der Waals surface area contributed by atoms with E-state index in [-0.39, 0.29) is 4.90 Å². The lowest BCUT2D eigenvalue weighted by atomic mass is 10.1. The van der Waals surface area contributed by atoms with Crippen molar-refractivity contribution in [2.45, 2.75) is 25.7 Å². The van der Waals surface area contributed by atoms with Gasteiger partial charge in [-0.2, -0.15) is 0 Å². The van der Waals surface area contributed by atoms with Gasteiger partial charge in [-0.05, 0) is 43.7 Å². The van der Waals surface area contributed by atoms with E-state index in [1.54, 1.807) is 26.0 Å². The van der Waals surface area contributed by atoms with Gasteiger partial charge in [-0.15, -0.1) is 0 Å². The van der Waals surface area contributed by atoms with E-state index in [9.17, 15) is 18.0 Å². The molecule has 0 bridgehead atoms. The normalized spacial score (nSPS) is 12.6. The Morgan fingerprint density at radius 3 is 2.24 bits per heavy atom. The van der Waals surface area contributed by atoms with E-state index < -0.39 is 27.8 Å². The maximum Gasteiger partial charge on any atom is 0.264 e. The Balaban J connectivity index is 2.21. The molecule has 6 nitrogen and oxygen atoms in total. The third-order valence-electron chi connectivity index (χ3n) is 4.11. The summed E-state index contributed by atoms with van der Waals surface area (Å²) < 4.78 is 26.9. The summed E-state index contributed by atoms with van der Waals surface area (Å²) in [5.74, 6) is -2.29. The fourth-order valence-corrected chi connectivity index (χ4v) is 3.62. The van der Waals surface area contributed by atoms with Crippen LogP contribution in [0.3, 0.4) is 0 Å². The van der Waals surface area contributed by atoms with Gasteiger partial charge in [0.1, 0.15) is 5.92 Å². The molecule has 0 spiro atoms. The number of nitrogens with one attached hydrogen (secondary N) is 1. The molecule has 25 heavy (non-hydrogen) atoms. The molecule has 0 saturated carbocycles. The minimum Gasteiger partial charge on any atom is -0.343 e. The summed E-state index contributed by atoms with van der Waals surface area (Å²) in [6, 6.07) is 12.0. The molecular formula is C18H22N2O4S. The number of benzene rings is 2. The Bertz CT molecular complexity index is 889. The van der Waals surface area contributed by atoms with Crippen LogP contribution in [0.2, 0.25) is 0 Å². The van der Waals surface area contributed by atoms with Crippen molar-refractivity contribution >= 4 is 32.6 Å². The quantitative estimate of drug-likeness (QED) is 0.798. The number of rotatable bonds is 6. The van der Waals surface area contributed by atoms with Crippen LogP contribution in [-0.2, 0) is 19.6 Å². The molecule has 0 aliphatic carbocycles. The zero-order valence-electron chi connectivity index (χ0n) is 14.5. The number of hydrogen-bond acceptors (Lipinski definition) is 4. The second-order valence-electron chi connectivity index (χ2n) is 5.71. The lowest BCUT2D eigenvalue weighted by molar-refractivity contribution is -0.140. The van der Waals surface area contributed by atoms with E-state index in [2.05, 4.69) is 0 Å². The maximum absolute atomic E-state index is 12.5.